The average Bonchev–Trinajstić information content (AvgIpc) is 2.23. The van der Waals surface area contributed by atoms with Gasteiger partial charge in [0.05, 0.1) is 5.69 Å². The molecule has 0 aromatic carbocycles. The number of aromatic nitrogens is 1. The Balaban J connectivity index is 2.45. The first-order chi connectivity index (χ1) is 7.09. The molecular formula is C12H19N3. The molecule has 15 heavy (non-hydrogen) atoms. The lowest BCUT2D eigenvalue weighted by Crippen LogP contribution is -2.37. The summed E-state index contributed by atoms with van der Waals surface area (Å²) in [5, 5.41) is 0. The van der Waals surface area contributed by atoms with E-state index < -0.39 is 0 Å². The van der Waals surface area contributed by atoms with E-state index in [0.717, 1.165) is 18.9 Å². The van der Waals surface area contributed by atoms with Crippen LogP contribution in [0.1, 0.15) is 25.5 Å². The molecule has 1 aliphatic heterocycles. The third-order valence-corrected chi connectivity index (χ3v) is 3.01. The van der Waals surface area contributed by atoms with Gasteiger partial charge < -0.3 is 9.80 Å². The van der Waals surface area contributed by atoms with Crippen molar-refractivity contribution in [3.63, 3.8) is 0 Å². The number of hydrogen-bond acceptors (Lipinski definition) is 3. The van der Waals surface area contributed by atoms with Crippen molar-refractivity contribution in [3.8, 4) is 0 Å². The summed E-state index contributed by atoms with van der Waals surface area (Å²) in [6, 6.07) is 4.33. The molecule has 0 spiro atoms. The van der Waals surface area contributed by atoms with Gasteiger partial charge in [-0.1, -0.05) is 13.8 Å². The van der Waals surface area contributed by atoms with Gasteiger partial charge in [-0.3, -0.25) is 0 Å². The highest BCUT2D eigenvalue weighted by molar-refractivity contribution is 5.69. The lowest BCUT2D eigenvalue weighted by Gasteiger charge is -2.34. The number of rotatable bonds is 1. The first kappa shape index (κ1) is 10.3. The number of nitrogens with zero attached hydrogens (tertiary/aromatic N) is 3. The van der Waals surface area contributed by atoms with E-state index in [1.165, 1.54) is 11.4 Å². The predicted molar refractivity (Wildman–Crippen MR) is 64.9 cm³/mol. The Morgan fingerprint density at radius 2 is 1.80 bits per heavy atom. The third-order valence-electron chi connectivity index (χ3n) is 3.01. The number of anilines is 2. The molecule has 0 saturated heterocycles. The highest BCUT2D eigenvalue weighted by Crippen LogP contribution is 2.30. The van der Waals surface area contributed by atoms with Crippen molar-refractivity contribution in [3.05, 3.63) is 17.8 Å². The number of fused-ring (bicyclic) bond motifs is 1. The molecule has 3 heteroatoms. The van der Waals surface area contributed by atoms with Crippen LogP contribution in [0.4, 0.5) is 11.5 Å². The molecule has 1 aromatic rings. The van der Waals surface area contributed by atoms with Gasteiger partial charge in [0.15, 0.2) is 5.82 Å². The Kier molecular flexibility index (Phi) is 2.55. The Labute approximate surface area is 91.7 Å². The number of hydrogen-bond donors (Lipinski definition) is 0. The van der Waals surface area contributed by atoms with Gasteiger partial charge in [-0.2, -0.15) is 0 Å². The molecule has 0 radical (unpaired) electrons. The molecule has 3 nitrogen and oxygen atoms in total. The van der Waals surface area contributed by atoms with Gasteiger partial charge in [0.25, 0.3) is 0 Å². The number of pyridine rings is 1. The van der Waals surface area contributed by atoms with Crippen molar-refractivity contribution in [2.24, 2.45) is 0 Å². The standard InChI is InChI=1S/C12H19N3/c1-9(2)10-5-6-11-12(13-10)15(4)8-7-14(11)3/h5-6,9H,7-8H2,1-4H3. The van der Waals surface area contributed by atoms with Gasteiger partial charge in [-0.05, 0) is 18.1 Å². The van der Waals surface area contributed by atoms with Gasteiger partial charge in [-0.15, -0.1) is 0 Å². The Morgan fingerprint density at radius 3 is 2.47 bits per heavy atom. The van der Waals surface area contributed by atoms with E-state index in [9.17, 15) is 0 Å². The third kappa shape index (κ3) is 1.78. The molecule has 0 amide bonds. The van der Waals surface area contributed by atoms with Crippen molar-refractivity contribution in [2.45, 2.75) is 19.8 Å². The molecule has 0 aliphatic carbocycles. The monoisotopic (exact) mass is 205 g/mol. The molecule has 2 heterocycles. The van der Waals surface area contributed by atoms with Crippen molar-refractivity contribution in [1.29, 1.82) is 0 Å². The largest absolute Gasteiger partial charge is 0.370 e. The van der Waals surface area contributed by atoms with Crippen LogP contribution in [0.15, 0.2) is 12.1 Å². The molecule has 0 atom stereocenters. The maximum absolute atomic E-state index is 4.73. The van der Waals surface area contributed by atoms with Crippen LogP contribution in [-0.2, 0) is 0 Å². The molecule has 82 valence electrons. The van der Waals surface area contributed by atoms with E-state index >= 15 is 0 Å². The van der Waals surface area contributed by atoms with E-state index in [-0.39, 0.29) is 0 Å². The molecule has 0 bridgehead atoms. The molecule has 0 fully saturated rings. The summed E-state index contributed by atoms with van der Waals surface area (Å²) in [7, 11) is 4.24. The van der Waals surface area contributed by atoms with Crippen molar-refractivity contribution in [2.75, 3.05) is 37.0 Å². The van der Waals surface area contributed by atoms with Crippen LogP contribution in [0.3, 0.4) is 0 Å². The normalized spacial score (nSPS) is 15.8. The summed E-state index contributed by atoms with van der Waals surface area (Å²) < 4.78 is 0. The van der Waals surface area contributed by atoms with Crippen molar-refractivity contribution < 1.29 is 0 Å². The Hall–Kier alpha value is -1.25. The fraction of sp³-hybridized carbons (Fsp3) is 0.583. The molecule has 0 saturated carbocycles. The van der Waals surface area contributed by atoms with Crippen LogP contribution >= 0.6 is 0 Å². The highest BCUT2D eigenvalue weighted by atomic mass is 15.3. The SMILES string of the molecule is CC(C)c1ccc2c(n1)N(C)CCN2C. The lowest BCUT2D eigenvalue weighted by molar-refractivity contribution is 0.759. The van der Waals surface area contributed by atoms with E-state index in [1.54, 1.807) is 0 Å². The van der Waals surface area contributed by atoms with Crippen LogP contribution in [0, 0.1) is 0 Å². The smallest absolute Gasteiger partial charge is 0.152 e. The molecule has 1 aliphatic rings. The summed E-state index contributed by atoms with van der Waals surface area (Å²) in [6.07, 6.45) is 0. The summed E-state index contributed by atoms with van der Waals surface area (Å²) >= 11 is 0. The number of likely N-dealkylation sites (N-methyl/N-ethyl adjacent to an activating group) is 2. The second-order valence-corrected chi connectivity index (χ2v) is 4.58. The molecule has 1 aromatic heterocycles. The van der Waals surface area contributed by atoms with Crippen LogP contribution in [0.25, 0.3) is 0 Å². The molecule has 0 N–H and O–H groups in total. The van der Waals surface area contributed by atoms with Crippen LogP contribution < -0.4 is 9.80 Å². The summed E-state index contributed by atoms with van der Waals surface area (Å²) in [5.74, 6) is 1.62. The van der Waals surface area contributed by atoms with Crippen molar-refractivity contribution >= 4 is 11.5 Å². The zero-order valence-electron chi connectivity index (χ0n) is 9.99. The van der Waals surface area contributed by atoms with E-state index in [1.807, 2.05) is 0 Å². The minimum Gasteiger partial charge on any atom is -0.370 e. The van der Waals surface area contributed by atoms with Crippen LogP contribution in [0.5, 0.6) is 0 Å². The van der Waals surface area contributed by atoms with Gasteiger partial charge >= 0.3 is 0 Å². The maximum atomic E-state index is 4.73. The van der Waals surface area contributed by atoms with Gasteiger partial charge in [-0.25, -0.2) is 4.98 Å². The van der Waals surface area contributed by atoms with Crippen molar-refractivity contribution in [1.82, 2.24) is 4.98 Å². The predicted octanol–water partition coefficient (Wildman–Crippen LogP) is 2.09. The first-order valence-corrected chi connectivity index (χ1v) is 5.53. The van der Waals surface area contributed by atoms with Gasteiger partial charge in [0.2, 0.25) is 0 Å². The molecule has 0 unspecified atom stereocenters. The Bertz CT molecular complexity index is 360. The van der Waals surface area contributed by atoms with Gasteiger partial charge in [0, 0.05) is 32.9 Å². The van der Waals surface area contributed by atoms with Gasteiger partial charge in [0.1, 0.15) is 0 Å². The zero-order chi connectivity index (χ0) is 11.0. The van der Waals surface area contributed by atoms with Crippen LogP contribution in [-0.4, -0.2) is 32.2 Å². The molecule has 2 rings (SSSR count). The minimum atomic E-state index is 0.496. The Morgan fingerprint density at radius 1 is 1.13 bits per heavy atom. The van der Waals surface area contributed by atoms with Crippen LogP contribution in [0.2, 0.25) is 0 Å². The fourth-order valence-corrected chi connectivity index (χ4v) is 1.88. The highest BCUT2D eigenvalue weighted by Gasteiger charge is 2.19. The zero-order valence-corrected chi connectivity index (χ0v) is 9.99. The first-order valence-electron chi connectivity index (χ1n) is 5.53. The maximum Gasteiger partial charge on any atom is 0.152 e. The summed E-state index contributed by atoms with van der Waals surface area (Å²) in [6.45, 7) is 6.49. The van der Waals surface area contributed by atoms with E-state index in [0.29, 0.717) is 5.92 Å². The second-order valence-electron chi connectivity index (χ2n) is 4.58. The van der Waals surface area contributed by atoms with E-state index in [4.69, 9.17) is 4.98 Å². The fourth-order valence-electron chi connectivity index (χ4n) is 1.88. The minimum absolute atomic E-state index is 0.496. The average molecular weight is 205 g/mol. The second kappa shape index (κ2) is 3.72. The van der Waals surface area contributed by atoms with E-state index in [2.05, 4.69) is 49.9 Å². The quantitative estimate of drug-likeness (QED) is 0.700. The lowest BCUT2D eigenvalue weighted by atomic mass is 10.1. The molecular weight excluding hydrogens is 186 g/mol. The summed E-state index contributed by atoms with van der Waals surface area (Å²) in [5.41, 5.74) is 2.42. The topological polar surface area (TPSA) is 19.4 Å². The summed E-state index contributed by atoms with van der Waals surface area (Å²) in [4.78, 5) is 9.24.